The van der Waals surface area contributed by atoms with Gasteiger partial charge in [-0.05, 0) is 31.5 Å². The van der Waals surface area contributed by atoms with Gasteiger partial charge in [0.25, 0.3) is 5.91 Å². The van der Waals surface area contributed by atoms with Crippen molar-refractivity contribution in [1.82, 2.24) is 5.32 Å². The number of methoxy groups -OCH3 is 1. The van der Waals surface area contributed by atoms with Crippen LogP contribution in [0.2, 0.25) is 0 Å². The normalized spacial score (nSPS) is 11.6. The summed E-state index contributed by atoms with van der Waals surface area (Å²) in [6.45, 7) is 4.38. The summed E-state index contributed by atoms with van der Waals surface area (Å²) < 4.78 is 10.6. The maximum absolute atomic E-state index is 12.1. The minimum Gasteiger partial charge on any atom is -0.493 e. The van der Waals surface area contributed by atoms with Gasteiger partial charge < -0.3 is 19.9 Å². The molecule has 1 atom stereocenters. The molecule has 0 fully saturated rings. The minimum atomic E-state index is -0.897. The Labute approximate surface area is 130 Å². The molecule has 0 aromatic heterocycles. The number of hydrogen-bond acceptors (Lipinski definition) is 4. The van der Waals surface area contributed by atoms with E-state index < -0.39 is 11.9 Å². The Morgan fingerprint density at radius 3 is 2.55 bits per heavy atom. The van der Waals surface area contributed by atoms with Crippen molar-refractivity contribution in [2.75, 3.05) is 20.3 Å². The van der Waals surface area contributed by atoms with E-state index in [1.165, 1.54) is 7.11 Å². The van der Waals surface area contributed by atoms with Gasteiger partial charge in [-0.1, -0.05) is 13.3 Å². The van der Waals surface area contributed by atoms with Crippen LogP contribution in [0, 0.1) is 5.92 Å². The van der Waals surface area contributed by atoms with Crippen LogP contribution in [0.25, 0.3) is 0 Å². The number of rotatable bonds is 9. The Hall–Kier alpha value is -2.24. The Kier molecular flexibility index (Phi) is 7.22. The first-order chi connectivity index (χ1) is 10.5. The predicted octanol–water partition coefficient (Wildman–Crippen LogP) is 2.32. The molecule has 1 unspecified atom stereocenters. The topological polar surface area (TPSA) is 84.9 Å². The molecule has 1 aromatic carbocycles. The number of carboxylic acids is 1. The second-order valence-electron chi connectivity index (χ2n) is 4.83. The highest BCUT2D eigenvalue weighted by molar-refractivity contribution is 5.95. The van der Waals surface area contributed by atoms with Gasteiger partial charge >= 0.3 is 5.97 Å². The zero-order valence-electron chi connectivity index (χ0n) is 13.2. The molecule has 2 N–H and O–H groups in total. The number of nitrogens with one attached hydrogen (secondary N) is 1. The van der Waals surface area contributed by atoms with E-state index in [-0.39, 0.29) is 12.5 Å². The highest BCUT2D eigenvalue weighted by Crippen LogP contribution is 2.28. The molecule has 1 amide bonds. The smallest absolute Gasteiger partial charge is 0.308 e. The molecule has 0 bridgehead atoms. The van der Waals surface area contributed by atoms with Crippen molar-refractivity contribution in [2.45, 2.75) is 26.7 Å². The van der Waals surface area contributed by atoms with Gasteiger partial charge in [0.1, 0.15) is 0 Å². The van der Waals surface area contributed by atoms with Crippen molar-refractivity contribution in [2.24, 2.45) is 5.92 Å². The van der Waals surface area contributed by atoms with Crippen LogP contribution < -0.4 is 14.8 Å². The molecule has 0 aliphatic carbocycles. The summed E-state index contributed by atoms with van der Waals surface area (Å²) in [5.74, 6) is -0.762. The summed E-state index contributed by atoms with van der Waals surface area (Å²) in [5, 5.41) is 11.7. The molecule has 0 saturated heterocycles. The van der Waals surface area contributed by atoms with Crippen LogP contribution in [0.4, 0.5) is 0 Å². The van der Waals surface area contributed by atoms with E-state index >= 15 is 0 Å². The van der Waals surface area contributed by atoms with E-state index in [9.17, 15) is 9.59 Å². The zero-order chi connectivity index (χ0) is 16.5. The monoisotopic (exact) mass is 309 g/mol. The quantitative estimate of drug-likeness (QED) is 0.731. The average molecular weight is 309 g/mol. The number of amides is 1. The molecule has 1 rings (SSSR count). The number of carbonyl (C=O) groups excluding carboxylic acids is 1. The predicted molar refractivity (Wildman–Crippen MR) is 82.5 cm³/mol. The summed E-state index contributed by atoms with van der Waals surface area (Å²) in [6, 6.07) is 4.87. The molecule has 22 heavy (non-hydrogen) atoms. The van der Waals surface area contributed by atoms with Gasteiger partial charge in [0.15, 0.2) is 11.5 Å². The van der Waals surface area contributed by atoms with Crippen LogP contribution in [-0.4, -0.2) is 37.2 Å². The lowest BCUT2D eigenvalue weighted by atomic mass is 10.0. The SMILES string of the molecule is CCCC(CNC(=O)c1ccc(OCC)c(OC)c1)C(=O)O. The highest BCUT2D eigenvalue weighted by Gasteiger charge is 2.18. The highest BCUT2D eigenvalue weighted by atomic mass is 16.5. The summed E-state index contributed by atoms with van der Waals surface area (Å²) in [6.07, 6.45) is 1.28. The van der Waals surface area contributed by atoms with Crippen LogP contribution in [0.15, 0.2) is 18.2 Å². The molecule has 0 aliphatic heterocycles. The second-order valence-corrected chi connectivity index (χ2v) is 4.83. The van der Waals surface area contributed by atoms with Crippen LogP contribution in [-0.2, 0) is 4.79 Å². The molecule has 0 spiro atoms. The van der Waals surface area contributed by atoms with Gasteiger partial charge in [0, 0.05) is 12.1 Å². The van der Waals surface area contributed by atoms with Crippen LogP contribution >= 0.6 is 0 Å². The van der Waals surface area contributed by atoms with E-state index in [1.807, 2.05) is 13.8 Å². The van der Waals surface area contributed by atoms with Gasteiger partial charge in [-0.2, -0.15) is 0 Å². The van der Waals surface area contributed by atoms with Crippen molar-refractivity contribution >= 4 is 11.9 Å². The third-order valence-electron chi connectivity index (χ3n) is 3.22. The molecule has 122 valence electrons. The molecule has 0 heterocycles. The molecule has 6 heteroatoms. The third-order valence-corrected chi connectivity index (χ3v) is 3.22. The summed E-state index contributed by atoms with van der Waals surface area (Å²) >= 11 is 0. The summed E-state index contributed by atoms with van der Waals surface area (Å²) in [4.78, 5) is 23.2. The Morgan fingerprint density at radius 1 is 1.27 bits per heavy atom. The van der Waals surface area contributed by atoms with E-state index in [0.29, 0.717) is 30.1 Å². The standard InChI is InChI=1S/C16H23NO5/c1-4-6-12(16(19)20)10-17-15(18)11-7-8-13(22-5-2)14(9-11)21-3/h7-9,12H,4-6,10H2,1-3H3,(H,17,18)(H,19,20). The first-order valence-electron chi connectivity index (χ1n) is 7.35. The fraction of sp³-hybridized carbons (Fsp3) is 0.500. The summed E-state index contributed by atoms with van der Waals surface area (Å²) in [7, 11) is 1.50. The fourth-order valence-corrected chi connectivity index (χ4v) is 2.06. The van der Waals surface area contributed by atoms with E-state index in [4.69, 9.17) is 14.6 Å². The number of carbonyl (C=O) groups is 2. The second kappa shape index (κ2) is 8.92. The molecule has 1 aromatic rings. The maximum atomic E-state index is 12.1. The molecular formula is C16H23NO5. The largest absolute Gasteiger partial charge is 0.493 e. The summed E-state index contributed by atoms with van der Waals surface area (Å²) in [5.41, 5.74) is 0.404. The van der Waals surface area contributed by atoms with Gasteiger partial charge in [-0.15, -0.1) is 0 Å². The van der Waals surface area contributed by atoms with Crippen molar-refractivity contribution in [3.05, 3.63) is 23.8 Å². The zero-order valence-corrected chi connectivity index (χ0v) is 13.2. The van der Waals surface area contributed by atoms with Gasteiger partial charge in [0.2, 0.25) is 0 Å². The molecule has 6 nitrogen and oxygen atoms in total. The fourth-order valence-electron chi connectivity index (χ4n) is 2.06. The van der Waals surface area contributed by atoms with Crippen LogP contribution in [0.1, 0.15) is 37.0 Å². The van der Waals surface area contributed by atoms with E-state index in [0.717, 1.165) is 6.42 Å². The number of carboxylic acid groups (broad SMARTS) is 1. The number of hydrogen-bond donors (Lipinski definition) is 2. The number of ether oxygens (including phenoxy) is 2. The van der Waals surface area contributed by atoms with Crippen molar-refractivity contribution in [1.29, 1.82) is 0 Å². The van der Waals surface area contributed by atoms with Crippen molar-refractivity contribution in [3.8, 4) is 11.5 Å². The number of aliphatic carboxylic acids is 1. The van der Waals surface area contributed by atoms with Gasteiger partial charge in [-0.25, -0.2) is 0 Å². The lowest BCUT2D eigenvalue weighted by Crippen LogP contribution is -2.32. The first kappa shape index (κ1) is 17.8. The molecule has 0 radical (unpaired) electrons. The van der Waals surface area contributed by atoms with Crippen LogP contribution in [0.3, 0.4) is 0 Å². The molecular weight excluding hydrogens is 286 g/mol. The van der Waals surface area contributed by atoms with Crippen molar-refractivity contribution in [3.63, 3.8) is 0 Å². The Morgan fingerprint density at radius 2 is 2.00 bits per heavy atom. The first-order valence-corrected chi connectivity index (χ1v) is 7.35. The lowest BCUT2D eigenvalue weighted by molar-refractivity contribution is -0.141. The number of benzene rings is 1. The maximum Gasteiger partial charge on any atom is 0.308 e. The average Bonchev–Trinajstić information content (AvgIpc) is 2.51. The van der Waals surface area contributed by atoms with Gasteiger partial charge in [-0.3, -0.25) is 9.59 Å². The van der Waals surface area contributed by atoms with E-state index in [1.54, 1.807) is 18.2 Å². The molecule has 0 saturated carbocycles. The lowest BCUT2D eigenvalue weighted by Gasteiger charge is -2.14. The Bertz CT molecular complexity index is 515. The van der Waals surface area contributed by atoms with Gasteiger partial charge in [0.05, 0.1) is 19.6 Å². The third kappa shape index (κ3) is 4.95. The van der Waals surface area contributed by atoms with Crippen molar-refractivity contribution < 1.29 is 24.2 Å². The van der Waals surface area contributed by atoms with E-state index in [2.05, 4.69) is 5.32 Å². The van der Waals surface area contributed by atoms with Crippen LogP contribution in [0.5, 0.6) is 11.5 Å². The minimum absolute atomic E-state index is 0.109. The molecule has 0 aliphatic rings. The Balaban J connectivity index is 2.74.